The van der Waals surface area contributed by atoms with Crippen molar-refractivity contribution in [2.24, 2.45) is 5.73 Å². The van der Waals surface area contributed by atoms with Gasteiger partial charge in [0.05, 0.1) is 0 Å². The molecule has 1 atom stereocenters. The maximum Gasteiger partial charge on any atom is 0.103 e. The summed E-state index contributed by atoms with van der Waals surface area (Å²) >= 11 is 7.89. The van der Waals surface area contributed by atoms with Crippen LogP contribution in [0.5, 0.6) is 0 Å². The number of aliphatic hydroxyl groups is 1. The van der Waals surface area contributed by atoms with Crippen molar-refractivity contribution in [1.82, 2.24) is 0 Å². The molecule has 2 rings (SSSR count). The normalized spacial score (nSPS) is 13.9. The minimum Gasteiger partial charge on any atom is -0.384 e. The minimum atomic E-state index is -0.950. The van der Waals surface area contributed by atoms with Gasteiger partial charge in [-0.1, -0.05) is 60.1 Å². The molecule has 0 saturated heterocycles. The lowest BCUT2D eigenvalue weighted by Gasteiger charge is -2.27. The molecule has 0 radical (unpaired) electrons. The van der Waals surface area contributed by atoms with Crippen LogP contribution in [0, 0.1) is 0 Å². The molecule has 4 heteroatoms. The molecule has 112 valence electrons. The average molecular weight is 322 g/mol. The van der Waals surface area contributed by atoms with E-state index in [4.69, 9.17) is 17.3 Å². The molecular formula is C17H20ClNOS. The fraction of sp³-hybridized carbons (Fsp3) is 0.294. The molecular weight excluding hydrogens is 302 g/mol. The number of halogens is 1. The summed E-state index contributed by atoms with van der Waals surface area (Å²) in [5.41, 5.74) is 6.83. The second-order valence-electron chi connectivity index (χ2n) is 5.00. The highest BCUT2D eigenvalue weighted by atomic mass is 35.5. The van der Waals surface area contributed by atoms with Crippen molar-refractivity contribution in [3.05, 3.63) is 70.7 Å². The van der Waals surface area contributed by atoms with Gasteiger partial charge in [-0.05, 0) is 29.4 Å². The quantitative estimate of drug-likeness (QED) is 0.762. The molecule has 0 bridgehead atoms. The van der Waals surface area contributed by atoms with Gasteiger partial charge < -0.3 is 10.8 Å². The van der Waals surface area contributed by atoms with Gasteiger partial charge >= 0.3 is 0 Å². The van der Waals surface area contributed by atoms with E-state index in [-0.39, 0.29) is 6.54 Å². The highest BCUT2D eigenvalue weighted by Crippen LogP contribution is 2.27. The first kappa shape index (κ1) is 16.4. The van der Waals surface area contributed by atoms with E-state index in [0.717, 1.165) is 27.7 Å². The number of rotatable bonds is 7. The Hall–Kier alpha value is -1.00. The van der Waals surface area contributed by atoms with Gasteiger partial charge in [-0.2, -0.15) is 11.8 Å². The topological polar surface area (TPSA) is 46.2 Å². The molecule has 21 heavy (non-hydrogen) atoms. The van der Waals surface area contributed by atoms with Crippen molar-refractivity contribution in [3.8, 4) is 0 Å². The van der Waals surface area contributed by atoms with Gasteiger partial charge in [0.15, 0.2) is 0 Å². The number of thioether (sulfide) groups is 1. The van der Waals surface area contributed by atoms with Crippen LogP contribution in [0.4, 0.5) is 0 Å². The Morgan fingerprint density at radius 3 is 2.38 bits per heavy atom. The monoisotopic (exact) mass is 321 g/mol. The third-order valence-corrected chi connectivity index (χ3v) is 4.90. The molecule has 2 aromatic rings. The van der Waals surface area contributed by atoms with Crippen LogP contribution in [-0.2, 0) is 11.4 Å². The third kappa shape index (κ3) is 4.48. The van der Waals surface area contributed by atoms with E-state index in [0.29, 0.717) is 6.42 Å². The lowest BCUT2D eigenvalue weighted by molar-refractivity contribution is 0.0431. The molecule has 2 aromatic carbocycles. The zero-order valence-electron chi connectivity index (χ0n) is 11.8. The number of benzene rings is 2. The SMILES string of the molecule is NCC(O)(CCSCc1ccccc1Cl)c1ccccc1. The Kier molecular flexibility index (Phi) is 6.12. The van der Waals surface area contributed by atoms with E-state index < -0.39 is 5.60 Å². The van der Waals surface area contributed by atoms with Crippen molar-refractivity contribution in [2.45, 2.75) is 17.8 Å². The summed E-state index contributed by atoms with van der Waals surface area (Å²) in [7, 11) is 0. The average Bonchev–Trinajstić information content (AvgIpc) is 2.54. The summed E-state index contributed by atoms with van der Waals surface area (Å²) in [6.45, 7) is 0.226. The highest BCUT2D eigenvalue weighted by molar-refractivity contribution is 7.98. The van der Waals surface area contributed by atoms with Crippen LogP contribution in [0.25, 0.3) is 0 Å². The van der Waals surface area contributed by atoms with E-state index in [9.17, 15) is 5.11 Å². The third-order valence-electron chi connectivity index (χ3n) is 3.52. The second-order valence-corrected chi connectivity index (χ2v) is 6.51. The number of nitrogens with two attached hydrogens (primary N) is 1. The largest absolute Gasteiger partial charge is 0.384 e. The van der Waals surface area contributed by atoms with Gasteiger partial charge in [0.2, 0.25) is 0 Å². The predicted molar refractivity (Wildman–Crippen MR) is 91.6 cm³/mol. The summed E-state index contributed by atoms with van der Waals surface area (Å²) in [6, 6.07) is 17.5. The first-order chi connectivity index (χ1) is 10.2. The van der Waals surface area contributed by atoms with Gasteiger partial charge in [0.1, 0.15) is 5.60 Å². The molecule has 2 nitrogen and oxygen atoms in total. The van der Waals surface area contributed by atoms with Crippen molar-refractivity contribution in [2.75, 3.05) is 12.3 Å². The zero-order chi connectivity index (χ0) is 15.1. The van der Waals surface area contributed by atoms with Gasteiger partial charge in [0.25, 0.3) is 0 Å². The minimum absolute atomic E-state index is 0.226. The molecule has 0 aromatic heterocycles. The Bertz CT molecular complexity index is 564. The van der Waals surface area contributed by atoms with Crippen LogP contribution in [0.3, 0.4) is 0 Å². The van der Waals surface area contributed by atoms with Crippen LogP contribution >= 0.6 is 23.4 Å². The molecule has 0 spiro atoms. The fourth-order valence-electron chi connectivity index (χ4n) is 2.15. The van der Waals surface area contributed by atoms with Crippen LogP contribution in [0.1, 0.15) is 17.5 Å². The molecule has 0 aliphatic heterocycles. The maximum absolute atomic E-state index is 10.7. The van der Waals surface area contributed by atoms with Crippen molar-refractivity contribution >= 4 is 23.4 Å². The number of hydrogen-bond acceptors (Lipinski definition) is 3. The summed E-state index contributed by atoms with van der Waals surface area (Å²) in [6.07, 6.45) is 0.628. The van der Waals surface area contributed by atoms with Gasteiger partial charge in [-0.15, -0.1) is 0 Å². The van der Waals surface area contributed by atoms with E-state index in [2.05, 4.69) is 0 Å². The van der Waals surface area contributed by atoms with Gasteiger partial charge in [-0.25, -0.2) is 0 Å². The Labute approximate surface area is 135 Å². The molecule has 0 heterocycles. The lowest BCUT2D eigenvalue weighted by atomic mass is 9.91. The molecule has 3 N–H and O–H groups in total. The lowest BCUT2D eigenvalue weighted by Crippen LogP contribution is -2.35. The summed E-state index contributed by atoms with van der Waals surface area (Å²) in [5, 5.41) is 11.5. The Balaban J connectivity index is 1.88. The molecule has 0 fully saturated rings. The Morgan fingerprint density at radius 1 is 1.05 bits per heavy atom. The standard InChI is InChI=1S/C17H20ClNOS/c18-16-9-5-4-6-14(16)12-21-11-10-17(20,13-19)15-7-2-1-3-8-15/h1-9,20H,10-13,19H2. The Morgan fingerprint density at radius 2 is 1.71 bits per heavy atom. The van der Waals surface area contributed by atoms with Gasteiger partial charge in [-0.3, -0.25) is 0 Å². The molecule has 0 amide bonds. The maximum atomic E-state index is 10.7. The highest BCUT2D eigenvalue weighted by Gasteiger charge is 2.26. The summed E-state index contributed by atoms with van der Waals surface area (Å²) < 4.78 is 0. The second kappa shape index (κ2) is 7.85. The van der Waals surface area contributed by atoms with E-state index in [1.165, 1.54) is 0 Å². The molecule has 0 aliphatic carbocycles. The van der Waals surface area contributed by atoms with Crippen LogP contribution in [-0.4, -0.2) is 17.4 Å². The van der Waals surface area contributed by atoms with Crippen LogP contribution < -0.4 is 5.73 Å². The van der Waals surface area contributed by atoms with Crippen LogP contribution in [0.15, 0.2) is 54.6 Å². The number of hydrogen-bond donors (Lipinski definition) is 2. The zero-order valence-corrected chi connectivity index (χ0v) is 13.4. The molecule has 1 unspecified atom stereocenters. The molecule has 0 saturated carbocycles. The van der Waals surface area contributed by atoms with Gasteiger partial charge in [0, 0.05) is 17.3 Å². The smallest absolute Gasteiger partial charge is 0.103 e. The fourth-order valence-corrected chi connectivity index (χ4v) is 3.53. The molecule has 0 aliphatic rings. The van der Waals surface area contributed by atoms with E-state index >= 15 is 0 Å². The van der Waals surface area contributed by atoms with Crippen molar-refractivity contribution < 1.29 is 5.11 Å². The van der Waals surface area contributed by atoms with Crippen LogP contribution in [0.2, 0.25) is 5.02 Å². The summed E-state index contributed by atoms with van der Waals surface area (Å²) in [5.74, 6) is 1.67. The summed E-state index contributed by atoms with van der Waals surface area (Å²) in [4.78, 5) is 0. The van der Waals surface area contributed by atoms with Crippen molar-refractivity contribution in [3.63, 3.8) is 0 Å². The first-order valence-corrected chi connectivity index (χ1v) is 8.48. The van der Waals surface area contributed by atoms with Crippen molar-refractivity contribution in [1.29, 1.82) is 0 Å². The van der Waals surface area contributed by atoms with E-state index in [1.54, 1.807) is 11.8 Å². The van der Waals surface area contributed by atoms with E-state index in [1.807, 2.05) is 54.6 Å². The predicted octanol–water partition coefficient (Wildman–Crippen LogP) is 3.81. The first-order valence-electron chi connectivity index (χ1n) is 6.95.